The maximum atomic E-state index is 13.6. The van der Waals surface area contributed by atoms with E-state index < -0.39 is 21.0 Å². The average molecular weight is 426 g/mol. The molecule has 30 heavy (non-hydrogen) atoms. The molecular weight excluding hydrogens is 404 g/mol. The lowest BCUT2D eigenvalue weighted by atomic mass is 10.1. The van der Waals surface area contributed by atoms with E-state index in [2.05, 4.69) is 0 Å². The van der Waals surface area contributed by atoms with E-state index >= 15 is 0 Å². The van der Waals surface area contributed by atoms with E-state index in [-0.39, 0.29) is 10.6 Å². The molecule has 7 nitrogen and oxygen atoms in total. The zero-order valence-electron chi connectivity index (χ0n) is 16.8. The van der Waals surface area contributed by atoms with Crippen molar-refractivity contribution in [2.75, 3.05) is 11.4 Å². The molecule has 0 aliphatic carbocycles. The molecule has 0 spiro atoms. The first-order chi connectivity index (χ1) is 14.2. The molecule has 0 bridgehead atoms. The highest BCUT2D eigenvalue weighted by Gasteiger charge is 2.31. The van der Waals surface area contributed by atoms with Gasteiger partial charge in [0.05, 0.1) is 28.7 Å². The first-order valence-corrected chi connectivity index (χ1v) is 10.7. The number of ether oxygens (including phenoxy) is 1. The van der Waals surface area contributed by atoms with Crippen LogP contribution in [0.1, 0.15) is 24.1 Å². The molecule has 0 radical (unpaired) electrons. The summed E-state index contributed by atoms with van der Waals surface area (Å²) in [6.45, 7) is 3.74. The molecule has 0 saturated carbocycles. The van der Waals surface area contributed by atoms with Crippen molar-refractivity contribution < 1.29 is 18.1 Å². The summed E-state index contributed by atoms with van der Waals surface area (Å²) in [5.41, 5.74) is 2.00. The fraction of sp³-hybridized carbons (Fsp3) is 0.182. The van der Waals surface area contributed by atoms with Crippen molar-refractivity contribution in [3.8, 4) is 5.75 Å². The van der Waals surface area contributed by atoms with Gasteiger partial charge in [-0.05, 0) is 49.7 Å². The van der Waals surface area contributed by atoms with Crippen LogP contribution in [0.15, 0.2) is 77.7 Å². The summed E-state index contributed by atoms with van der Waals surface area (Å²) in [7, 11) is -2.57. The van der Waals surface area contributed by atoms with Gasteiger partial charge in [0.15, 0.2) is 0 Å². The normalized spacial score (nSPS) is 12.2. The lowest BCUT2D eigenvalue weighted by Crippen LogP contribution is -2.33. The third-order valence-corrected chi connectivity index (χ3v) is 6.72. The van der Waals surface area contributed by atoms with Crippen molar-refractivity contribution in [1.29, 1.82) is 0 Å². The number of rotatable bonds is 7. The number of nitro groups is 1. The number of nitro benzene ring substituents is 1. The monoisotopic (exact) mass is 426 g/mol. The Morgan fingerprint density at radius 1 is 1.00 bits per heavy atom. The second-order valence-electron chi connectivity index (χ2n) is 6.84. The maximum absolute atomic E-state index is 13.6. The minimum atomic E-state index is -4.10. The van der Waals surface area contributed by atoms with Gasteiger partial charge in [0.25, 0.3) is 15.7 Å². The van der Waals surface area contributed by atoms with Gasteiger partial charge in [0, 0.05) is 12.1 Å². The Labute approximate surface area is 175 Å². The van der Waals surface area contributed by atoms with Crippen LogP contribution in [0.25, 0.3) is 0 Å². The summed E-state index contributed by atoms with van der Waals surface area (Å²) in [5, 5.41) is 11.2. The Morgan fingerprint density at radius 2 is 1.63 bits per heavy atom. The van der Waals surface area contributed by atoms with Crippen LogP contribution < -0.4 is 9.04 Å². The number of anilines is 1. The second kappa shape index (κ2) is 8.54. The van der Waals surface area contributed by atoms with Gasteiger partial charge in [-0.2, -0.15) is 0 Å². The van der Waals surface area contributed by atoms with Crippen molar-refractivity contribution in [1.82, 2.24) is 0 Å². The highest BCUT2D eigenvalue weighted by atomic mass is 32.2. The first-order valence-electron chi connectivity index (χ1n) is 9.23. The fourth-order valence-corrected chi connectivity index (χ4v) is 4.84. The van der Waals surface area contributed by atoms with Gasteiger partial charge in [-0.3, -0.25) is 14.4 Å². The predicted molar refractivity (Wildman–Crippen MR) is 115 cm³/mol. The Balaban J connectivity index is 2.15. The minimum Gasteiger partial charge on any atom is -0.497 e. The molecule has 0 unspecified atom stereocenters. The van der Waals surface area contributed by atoms with Gasteiger partial charge in [-0.15, -0.1) is 0 Å². The summed E-state index contributed by atoms with van der Waals surface area (Å²) >= 11 is 0. The molecule has 0 saturated heterocycles. The molecule has 0 amide bonds. The number of sulfonamides is 1. The van der Waals surface area contributed by atoms with E-state index in [4.69, 9.17) is 4.74 Å². The van der Waals surface area contributed by atoms with Gasteiger partial charge in [0.1, 0.15) is 5.75 Å². The Kier molecular flexibility index (Phi) is 6.07. The highest BCUT2D eigenvalue weighted by Crippen LogP contribution is 2.35. The molecule has 3 rings (SSSR count). The number of benzene rings is 3. The van der Waals surface area contributed by atoms with E-state index in [1.807, 2.05) is 31.2 Å². The zero-order chi connectivity index (χ0) is 21.9. The molecule has 0 fully saturated rings. The lowest BCUT2D eigenvalue weighted by Gasteiger charge is -2.31. The van der Waals surface area contributed by atoms with Gasteiger partial charge in [-0.25, -0.2) is 8.42 Å². The van der Waals surface area contributed by atoms with Crippen LogP contribution in [-0.2, 0) is 10.0 Å². The van der Waals surface area contributed by atoms with E-state index in [0.29, 0.717) is 11.4 Å². The summed E-state index contributed by atoms with van der Waals surface area (Å²) < 4.78 is 33.7. The summed E-state index contributed by atoms with van der Waals surface area (Å²) in [5.74, 6) is 0.592. The van der Waals surface area contributed by atoms with Gasteiger partial charge in [-0.1, -0.05) is 35.9 Å². The van der Waals surface area contributed by atoms with Crippen molar-refractivity contribution >= 4 is 21.4 Å². The first kappa shape index (κ1) is 21.3. The third kappa shape index (κ3) is 4.28. The van der Waals surface area contributed by atoms with Crippen LogP contribution in [0.5, 0.6) is 5.75 Å². The fourth-order valence-electron chi connectivity index (χ4n) is 3.15. The average Bonchev–Trinajstić information content (AvgIpc) is 2.74. The molecule has 0 aliphatic heterocycles. The van der Waals surface area contributed by atoms with Crippen molar-refractivity contribution in [3.05, 3.63) is 94.0 Å². The predicted octanol–water partition coefficient (Wildman–Crippen LogP) is 4.87. The second-order valence-corrected chi connectivity index (χ2v) is 8.65. The number of methoxy groups -OCH3 is 1. The molecule has 156 valence electrons. The maximum Gasteiger partial charge on any atom is 0.270 e. The molecule has 3 aromatic carbocycles. The molecule has 3 aromatic rings. The van der Waals surface area contributed by atoms with Crippen molar-refractivity contribution in [2.24, 2.45) is 0 Å². The van der Waals surface area contributed by atoms with Crippen LogP contribution in [0.4, 0.5) is 11.4 Å². The van der Waals surface area contributed by atoms with Crippen molar-refractivity contribution in [3.63, 3.8) is 0 Å². The number of hydrogen-bond acceptors (Lipinski definition) is 5. The number of non-ortho nitro benzene ring substituents is 1. The quantitative estimate of drug-likeness (QED) is 0.397. The van der Waals surface area contributed by atoms with Gasteiger partial charge >= 0.3 is 0 Å². The van der Waals surface area contributed by atoms with Crippen LogP contribution in [0, 0.1) is 17.0 Å². The van der Waals surface area contributed by atoms with E-state index in [1.165, 1.54) is 29.6 Å². The summed E-state index contributed by atoms with van der Waals surface area (Å²) in [4.78, 5) is 10.4. The van der Waals surface area contributed by atoms with Crippen LogP contribution in [-0.4, -0.2) is 20.5 Å². The van der Waals surface area contributed by atoms with Crippen LogP contribution in [0.3, 0.4) is 0 Å². The third-order valence-electron chi connectivity index (χ3n) is 4.82. The topological polar surface area (TPSA) is 89.8 Å². The lowest BCUT2D eigenvalue weighted by molar-refractivity contribution is -0.385. The number of hydrogen-bond donors (Lipinski definition) is 0. The molecule has 1 atom stereocenters. The molecule has 0 aromatic heterocycles. The Hall–Kier alpha value is -3.39. The molecule has 8 heteroatoms. The smallest absolute Gasteiger partial charge is 0.270 e. The highest BCUT2D eigenvalue weighted by molar-refractivity contribution is 7.92. The van der Waals surface area contributed by atoms with Crippen molar-refractivity contribution in [2.45, 2.75) is 24.8 Å². The summed E-state index contributed by atoms with van der Waals surface area (Å²) in [6.07, 6.45) is 0. The zero-order valence-corrected chi connectivity index (χ0v) is 17.7. The van der Waals surface area contributed by atoms with E-state index in [1.54, 1.807) is 31.2 Å². The van der Waals surface area contributed by atoms with Crippen LogP contribution in [0.2, 0.25) is 0 Å². The van der Waals surface area contributed by atoms with E-state index in [0.717, 1.165) is 17.2 Å². The summed E-state index contributed by atoms with van der Waals surface area (Å²) in [6, 6.07) is 18.7. The number of aryl methyl sites for hydroxylation is 1. The van der Waals surface area contributed by atoms with E-state index in [9.17, 15) is 18.5 Å². The molecule has 0 heterocycles. The Bertz CT molecular complexity index is 1140. The number of nitrogens with zero attached hydrogens (tertiary/aromatic N) is 2. The van der Waals surface area contributed by atoms with Gasteiger partial charge in [0.2, 0.25) is 0 Å². The Morgan fingerprint density at radius 3 is 2.20 bits per heavy atom. The molecular formula is C22H22N2O5S. The molecule has 0 aliphatic rings. The standard InChI is InChI=1S/C22H22N2O5S/c1-16-7-9-18(10-8-16)17(2)23(19-11-13-21(29-3)14-12-19)30(27,28)22-6-4-5-20(15-22)24(25)26/h4-15,17H,1-3H3/t17-/m0/s1. The largest absolute Gasteiger partial charge is 0.497 e. The van der Waals surface area contributed by atoms with Gasteiger partial charge < -0.3 is 4.74 Å². The molecule has 0 N–H and O–H groups in total. The minimum absolute atomic E-state index is 0.147. The SMILES string of the molecule is COc1ccc(N([C@@H](C)c2ccc(C)cc2)S(=O)(=O)c2cccc([N+](=O)[O-])c2)cc1. The van der Waals surface area contributed by atoms with Crippen LogP contribution >= 0.6 is 0 Å².